The molecule has 0 radical (unpaired) electrons. The summed E-state index contributed by atoms with van der Waals surface area (Å²) in [6.45, 7) is 0. The van der Waals surface area contributed by atoms with E-state index in [1.54, 1.807) is 12.4 Å². The molecule has 0 N–H and O–H groups in total. The van der Waals surface area contributed by atoms with Crippen LogP contribution < -0.4 is 0 Å². The maximum atomic E-state index is 12.1. The number of nitrogens with zero attached hydrogens (tertiary/aromatic N) is 2. The van der Waals surface area contributed by atoms with Crippen LogP contribution in [0.4, 0.5) is 0 Å². The fourth-order valence-electron chi connectivity index (χ4n) is 2.46. The molecule has 17 heavy (non-hydrogen) atoms. The predicted molar refractivity (Wildman–Crippen MR) is 64.0 cm³/mol. The van der Waals surface area contributed by atoms with Crippen LogP contribution in [0.25, 0.3) is 0 Å². The van der Waals surface area contributed by atoms with E-state index < -0.39 is 5.92 Å². The first-order valence-electron chi connectivity index (χ1n) is 6.13. The quantitative estimate of drug-likeness (QED) is 0.795. The molecule has 1 aromatic heterocycles. The van der Waals surface area contributed by atoms with Gasteiger partial charge in [0.25, 0.3) is 0 Å². The van der Waals surface area contributed by atoms with Crippen molar-refractivity contribution in [2.24, 2.45) is 11.8 Å². The standard InChI is InChI=1S/C14H16N2O/c15-10-13(9-11-5-7-16-8-6-11)14(17)12-3-1-2-4-12/h5-8,12-13H,1-4,9H2. The highest BCUT2D eigenvalue weighted by molar-refractivity contribution is 5.86. The first-order valence-corrected chi connectivity index (χ1v) is 6.13. The van der Waals surface area contributed by atoms with Gasteiger partial charge in [-0.3, -0.25) is 9.78 Å². The molecular weight excluding hydrogens is 212 g/mol. The van der Waals surface area contributed by atoms with E-state index in [9.17, 15) is 4.79 Å². The van der Waals surface area contributed by atoms with Gasteiger partial charge in [-0.25, -0.2) is 0 Å². The van der Waals surface area contributed by atoms with Crippen molar-refractivity contribution in [3.63, 3.8) is 0 Å². The number of carbonyl (C=O) groups excluding carboxylic acids is 1. The number of carbonyl (C=O) groups is 1. The van der Waals surface area contributed by atoms with Crippen LogP contribution in [0.5, 0.6) is 0 Å². The maximum absolute atomic E-state index is 12.1. The van der Waals surface area contributed by atoms with E-state index >= 15 is 0 Å². The summed E-state index contributed by atoms with van der Waals surface area (Å²) >= 11 is 0. The van der Waals surface area contributed by atoms with Gasteiger partial charge in [0.05, 0.1) is 6.07 Å². The van der Waals surface area contributed by atoms with E-state index in [1.165, 1.54) is 0 Å². The van der Waals surface area contributed by atoms with Crippen molar-refractivity contribution in [2.45, 2.75) is 32.1 Å². The Kier molecular flexibility index (Phi) is 3.87. The number of rotatable bonds is 4. The number of hydrogen-bond donors (Lipinski definition) is 0. The Morgan fingerprint density at radius 3 is 2.65 bits per heavy atom. The SMILES string of the molecule is N#CC(Cc1ccncc1)C(=O)C1CCCC1. The fourth-order valence-corrected chi connectivity index (χ4v) is 2.46. The molecule has 3 heteroatoms. The second kappa shape index (κ2) is 5.58. The smallest absolute Gasteiger partial charge is 0.153 e. The third kappa shape index (κ3) is 2.91. The minimum atomic E-state index is -0.486. The van der Waals surface area contributed by atoms with Crippen molar-refractivity contribution in [3.05, 3.63) is 30.1 Å². The van der Waals surface area contributed by atoms with Crippen molar-refractivity contribution in [3.8, 4) is 6.07 Å². The van der Waals surface area contributed by atoms with Crippen LogP contribution in [0.3, 0.4) is 0 Å². The summed E-state index contributed by atoms with van der Waals surface area (Å²) in [6, 6.07) is 5.89. The van der Waals surface area contributed by atoms with Gasteiger partial charge in [0.15, 0.2) is 5.78 Å². The molecule has 1 aromatic rings. The normalized spacial score (nSPS) is 17.6. The Morgan fingerprint density at radius 1 is 1.41 bits per heavy atom. The zero-order valence-corrected chi connectivity index (χ0v) is 9.80. The summed E-state index contributed by atoms with van der Waals surface area (Å²) in [7, 11) is 0. The Morgan fingerprint density at radius 2 is 2.06 bits per heavy atom. The minimum Gasteiger partial charge on any atom is -0.298 e. The number of hydrogen-bond acceptors (Lipinski definition) is 3. The molecule has 0 aromatic carbocycles. The second-order valence-corrected chi connectivity index (χ2v) is 4.63. The van der Waals surface area contributed by atoms with Crippen molar-refractivity contribution in [1.29, 1.82) is 5.26 Å². The molecular formula is C14H16N2O. The molecule has 1 aliphatic rings. The summed E-state index contributed by atoms with van der Waals surface area (Å²) < 4.78 is 0. The molecule has 1 fully saturated rings. The van der Waals surface area contributed by atoms with Gasteiger partial charge in [-0.15, -0.1) is 0 Å². The van der Waals surface area contributed by atoms with Crippen LogP contribution in [0.1, 0.15) is 31.2 Å². The largest absolute Gasteiger partial charge is 0.298 e. The van der Waals surface area contributed by atoms with E-state index in [4.69, 9.17) is 5.26 Å². The highest BCUT2D eigenvalue weighted by Gasteiger charge is 2.29. The minimum absolute atomic E-state index is 0.126. The van der Waals surface area contributed by atoms with Crippen molar-refractivity contribution >= 4 is 5.78 Å². The number of aromatic nitrogens is 1. The molecule has 1 saturated carbocycles. The molecule has 0 spiro atoms. The van der Waals surface area contributed by atoms with Gasteiger partial charge in [-0.1, -0.05) is 12.8 Å². The predicted octanol–water partition coefficient (Wildman–Crippen LogP) is 2.52. The monoisotopic (exact) mass is 228 g/mol. The van der Waals surface area contributed by atoms with Crippen LogP contribution in [0.15, 0.2) is 24.5 Å². The van der Waals surface area contributed by atoms with Gasteiger partial charge in [0, 0.05) is 18.3 Å². The van der Waals surface area contributed by atoms with Crippen LogP contribution in [0.2, 0.25) is 0 Å². The molecule has 0 bridgehead atoms. The van der Waals surface area contributed by atoms with Crippen LogP contribution in [-0.4, -0.2) is 10.8 Å². The molecule has 1 heterocycles. The average molecular weight is 228 g/mol. The molecule has 0 amide bonds. The zero-order chi connectivity index (χ0) is 12.1. The van der Waals surface area contributed by atoms with E-state index in [-0.39, 0.29) is 11.7 Å². The number of Topliss-reactive ketones (excluding diaryl/α,β-unsaturated/α-hetero) is 1. The zero-order valence-electron chi connectivity index (χ0n) is 9.80. The Labute approximate surface area is 101 Å². The topological polar surface area (TPSA) is 53.8 Å². The number of ketones is 1. The first-order chi connectivity index (χ1) is 8.31. The van der Waals surface area contributed by atoms with Gasteiger partial charge in [0.2, 0.25) is 0 Å². The van der Waals surface area contributed by atoms with E-state index in [0.29, 0.717) is 6.42 Å². The van der Waals surface area contributed by atoms with E-state index in [1.807, 2.05) is 12.1 Å². The lowest BCUT2D eigenvalue weighted by atomic mass is 9.88. The van der Waals surface area contributed by atoms with E-state index in [2.05, 4.69) is 11.1 Å². The Balaban J connectivity index is 2.02. The molecule has 1 aliphatic carbocycles. The Hall–Kier alpha value is -1.69. The molecule has 0 saturated heterocycles. The van der Waals surface area contributed by atoms with Gasteiger partial charge in [0.1, 0.15) is 5.92 Å². The van der Waals surface area contributed by atoms with Crippen LogP contribution >= 0.6 is 0 Å². The van der Waals surface area contributed by atoms with Crippen molar-refractivity contribution in [1.82, 2.24) is 4.98 Å². The first kappa shape index (κ1) is 11.8. The summed E-state index contributed by atoms with van der Waals surface area (Å²) in [4.78, 5) is 16.1. The lowest BCUT2D eigenvalue weighted by Gasteiger charge is -2.12. The van der Waals surface area contributed by atoms with Crippen molar-refractivity contribution < 1.29 is 4.79 Å². The number of nitriles is 1. The Bertz CT molecular complexity index is 416. The molecule has 1 unspecified atom stereocenters. The lowest BCUT2D eigenvalue weighted by molar-refractivity contribution is -0.125. The maximum Gasteiger partial charge on any atom is 0.153 e. The highest BCUT2D eigenvalue weighted by atomic mass is 16.1. The molecule has 1 atom stereocenters. The van der Waals surface area contributed by atoms with Crippen LogP contribution in [-0.2, 0) is 11.2 Å². The molecule has 3 nitrogen and oxygen atoms in total. The summed E-state index contributed by atoms with van der Waals surface area (Å²) in [5, 5.41) is 9.13. The molecule has 88 valence electrons. The van der Waals surface area contributed by atoms with E-state index in [0.717, 1.165) is 31.2 Å². The second-order valence-electron chi connectivity index (χ2n) is 4.63. The van der Waals surface area contributed by atoms with Gasteiger partial charge >= 0.3 is 0 Å². The summed E-state index contributed by atoms with van der Waals surface area (Å²) in [6.07, 6.45) is 8.11. The van der Waals surface area contributed by atoms with Gasteiger partial charge in [-0.2, -0.15) is 5.26 Å². The third-order valence-electron chi connectivity index (χ3n) is 3.45. The van der Waals surface area contributed by atoms with Gasteiger partial charge < -0.3 is 0 Å². The van der Waals surface area contributed by atoms with Crippen LogP contribution in [0, 0.1) is 23.2 Å². The molecule has 2 rings (SSSR count). The third-order valence-corrected chi connectivity index (χ3v) is 3.45. The molecule has 0 aliphatic heterocycles. The average Bonchev–Trinajstić information content (AvgIpc) is 2.90. The lowest BCUT2D eigenvalue weighted by Crippen LogP contribution is -2.22. The van der Waals surface area contributed by atoms with Crippen molar-refractivity contribution in [2.75, 3.05) is 0 Å². The summed E-state index contributed by atoms with van der Waals surface area (Å²) in [5.74, 6) is -0.219. The fraction of sp³-hybridized carbons (Fsp3) is 0.500. The number of pyridine rings is 1. The highest BCUT2D eigenvalue weighted by Crippen LogP contribution is 2.28. The summed E-state index contributed by atoms with van der Waals surface area (Å²) in [5.41, 5.74) is 1.01. The van der Waals surface area contributed by atoms with Gasteiger partial charge in [-0.05, 0) is 37.0 Å².